The summed E-state index contributed by atoms with van der Waals surface area (Å²) in [6, 6.07) is 13.2. The second-order valence-corrected chi connectivity index (χ2v) is 4.88. The lowest BCUT2D eigenvalue weighted by atomic mass is 10.1. The van der Waals surface area contributed by atoms with Gasteiger partial charge in [0.05, 0.1) is 12.2 Å². The Morgan fingerprint density at radius 3 is 2.43 bits per heavy atom. The number of carbonyl (C=O) groups excluding carboxylic acids is 1. The maximum absolute atomic E-state index is 11.5. The first-order valence-corrected chi connectivity index (χ1v) is 7.38. The first-order valence-electron chi connectivity index (χ1n) is 7.38. The van der Waals surface area contributed by atoms with Crippen LogP contribution in [0.3, 0.4) is 0 Å². The fourth-order valence-electron chi connectivity index (χ4n) is 2.00. The van der Waals surface area contributed by atoms with E-state index in [1.54, 1.807) is 32.4 Å². The molecule has 0 spiro atoms. The van der Waals surface area contributed by atoms with E-state index in [0.717, 1.165) is 11.3 Å². The van der Waals surface area contributed by atoms with Gasteiger partial charge in [-0.1, -0.05) is 18.2 Å². The van der Waals surface area contributed by atoms with Crippen LogP contribution in [0.5, 0.6) is 0 Å². The number of carbonyl (C=O) groups is 1. The van der Waals surface area contributed by atoms with Gasteiger partial charge in [-0.25, -0.2) is 0 Å². The fraction of sp³-hybridized carbons (Fsp3) is 0.235. The van der Waals surface area contributed by atoms with Crippen molar-refractivity contribution in [2.24, 2.45) is 4.99 Å². The predicted molar refractivity (Wildman–Crippen MR) is 91.1 cm³/mol. The molecule has 0 radical (unpaired) electrons. The molecular weight excluding hydrogens is 290 g/mol. The van der Waals surface area contributed by atoms with Gasteiger partial charge in [-0.2, -0.15) is 0 Å². The molecule has 1 aromatic carbocycles. The summed E-state index contributed by atoms with van der Waals surface area (Å²) < 4.78 is 0. The van der Waals surface area contributed by atoms with Crippen molar-refractivity contribution < 1.29 is 4.79 Å². The van der Waals surface area contributed by atoms with Crippen molar-refractivity contribution in [2.75, 3.05) is 14.1 Å². The number of aromatic nitrogens is 1. The quantitative estimate of drug-likeness (QED) is 0.574. The zero-order valence-electron chi connectivity index (χ0n) is 13.3. The number of amides is 1. The lowest BCUT2D eigenvalue weighted by Gasteiger charge is -2.12. The van der Waals surface area contributed by atoms with E-state index in [0.29, 0.717) is 24.6 Å². The number of hydrogen-bond acceptors (Lipinski definition) is 3. The van der Waals surface area contributed by atoms with Crippen LogP contribution in [-0.2, 0) is 13.1 Å². The zero-order valence-corrected chi connectivity index (χ0v) is 13.3. The monoisotopic (exact) mass is 311 g/mol. The first-order chi connectivity index (χ1) is 11.2. The van der Waals surface area contributed by atoms with E-state index >= 15 is 0 Å². The van der Waals surface area contributed by atoms with Crippen LogP contribution in [0, 0.1) is 0 Å². The third-order valence-corrected chi connectivity index (χ3v) is 3.29. The molecule has 120 valence electrons. The molecule has 0 saturated heterocycles. The highest BCUT2D eigenvalue weighted by atomic mass is 16.1. The average molecular weight is 311 g/mol. The summed E-state index contributed by atoms with van der Waals surface area (Å²) in [4.78, 5) is 19.9. The van der Waals surface area contributed by atoms with Crippen molar-refractivity contribution in [1.29, 1.82) is 0 Å². The molecule has 0 bridgehead atoms. The van der Waals surface area contributed by atoms with E-state index in [1.165, 1.54) is 0 Å². The fourth-order valence-corrected chi connectivity index (χ4v) is 2.00. The minimum Gasteiger partial charge on any atom is -0.355 e. The zero-order chi connectivity index (χ0) is 16.5. The summed E-state index contributed by atoms with van der Waals surface area (Å²) in [6.07, 6.45) is 1.77. The molecule has 0 atom stereocenters. The van der Waals surface area contributed by atoms with Gasteiger partial charge in [0.2, 0.25) is 0 Å². The summed E-state index contributed by atoms with van der Waals surface area (Å²) in [5.74, 6) is 0.614. The normalized spacial score (nSPS) is 11.0. The molecule has 0 fully saturated rings. The van der Waals surface area contributed by atoms with Crippen LogP contribution in [0.15, 0.2) is 53.7 Å². The Kier molecular flexibility index (Phi) is 6.11. The first kappa shape index (κ1) is 16.5. The van der Waals surface area contributed by atoms with Crippen LogP contribution < -0.4 is 16.0 Å². The van der Waals surface area contributed by atoms with Gasteiger partial charge in [-0.05, 0) is 29.8 Å². The third-order valence-electron chi connectivity index (χ3n) is 3.29. The van der Waals surface area contributed by atoms with Gasteiger partial charge in [0.15, 0.2) is 5.96 Å². The van der Waals surface area contributed by atoms with Crippen LogP contribution in [0.2, 0.25) is 0 Å². The second-order valence-electron chi connectivity index (χ2n) is 4.88. The molecule has 0 aliphatic heterocycles. The van der Waals surface area contributed by atoms with E-state index in [-0.39, 0.29) is 5.91 Å². The highest BCUT2D eigenvalue weighted by Gasteiger charge is 2.03. The molecule has 2 rings (SSSR count). The Balaban J connectivity index is 1.84. The average Bonchev–Trinajstić information content (AvgIpc) is 2.62. The van der Waals surface area contributed by atoms with Crippen LogP contribution in [0.1, 0.15) is 21.6 Å². The van der Waals surface area contributed by atoms with Gasteiger partial charge < -0.3 is 16.0 Å². The molecular formula is C17H21N5O. The van der Waals surface area contributed by atoms with Gasteiger partial charge >= 0.3 is 0 Å². The molecule has 6 heteroatoms. The van der Waals surface area contributed by atoms with Crippen molar-refractivity contribution in [3.8, 4) is 0 Å². The number of pyridine rings is 1. The Hall–Kier alpha value is -2.89. The smallest absolute Gasteiger partial charge is 0.251 e. The molecule has 0 aliphatic carbocycles. The number of nitrogens with zero attached hydrogens (tertiary/aromatic N) is 2. The van der Waals surface area contributed by atoms with Crippen LogP contribution in [0.4, 0.5) is 0 Å². The Bertz CT molecular complexity index is 652. The Labute approximate surface area is 136 Å². The molecule has 1 amide bonds. The van der Waals surface area contributed by atoms with Crippen LogP contribution in [0.25, 0.3) is 0 Å². The number of hydrogen-bond donors (Lipinski definition) is 3. The van der Waals surface area contributed by atoms with Gasteiger partial charge in [-0.15, -0.1) is 0 Å². The number of nitrogens with one attached hydrogen (secondary N) is 3. The van der Waals surface area contributed by atoms with Gasteiger partial charge in [0, 0.05) is 32.4 Å². The largest absolute Gasteiger partial charge is 0.355 e. The minimum atomic E-state index is -0.0858. The Morgan fingerprint density at radius 1 is 1.09 bits per heavy atom. The number of benzene rings is 1. The minimum absolute atomic E-state index is 0.0858. The lowest BCUT2D eigenvalue weighted by Crippen LogP contribution is -2.36. The summed E-state index contributed by atoms with van der Waals surface area (Å²) in [6.45, 7) is 1.23. The van der Waals surface area contributed by atoms with Crippen molar-refractivity contribution in [3.05, 3.63) is 65.5 Å². The van der Waals surface area contributed by atoms with Gasteiger partial charge in [0.1, 0.15) is 0 Å². The summed E-state index contributed by atoms with van der Waals surface area (Å²) in [5, 5.41) is 9.04. The van der Waals surface area contributed by atoms with E-state index in [2.05, 4.69) is 25.9 Å². The van der Waals surface area contributed by atoms with Gasteiger partial charge in [0.25, 0.3) is 5.91 Å². The van der Waals surface area contributed by atoms with Crippen molar-refractivity contribution in [1.82, 2.24) is 20.9 Å². The molecule has 23 heavy (non-hydrogen) atoms. The summed E-state index contributed by atoms with van der Waals surface area (Å²) in [7, 11) is 3.34. The molecule has 1 aromatic heterocycles. The highest BCUT2D eigenvalue weighted by molar-refractivity contribution is 5.93. The van der Waals surface area contributed by atoms with E-state index < -0.39 is 0 Å². The number of rotatable bonds is 5. The topological polar surface area (TPSA) is 78.4 Å². The standard InChI is InChI=1S/C17H21N5O/c1-18-16(23)14-8-6-13(7-9-14)11-21-17(19-2)22-12-15-5-3-4-10-20-15/h3-10H,11-12H2,1-2H3,(H,18,23)(H2,19,21,22). The third kappa shape index (κ3) is 5.10. The molecule has 0 saturated carbocycles. The van der Waals surface area contributed by atoms with Crippen LogP contribution in [-0.4, -0.2) is 30.9 Å². The number of guanidine groups is 1. The number of aliphatic imine (C=N–C) groups is 1. The molecule has 3 N–H and O–H groups in total. The summed E-state index contributed by atoms with van der Waals surface area (Å²) >= 11 is 0. The van der Waals surface area contributed by atoms with Crippen molar-refractivity contribution >= 4 is 11.9 Å². The molecule has 0 unspecified atom stereocenters. The predicted octanol–water partition coefficient (Wildman–Crippen LogP) is 1.31. The maximum Gasteiger partial charge on any atom is 0.251 e. The van der Waals surface area contributed by atoms with Crippen molar-refractivity contribution in [2.45, 2.75) is 13.1 Å². The van der Waals surface area contributed by atoms with E-state index in [1.807, 2.05) is 30.3 Å². The Morgan fingerprint density at radius 2 is 1.83 bits per heavy atom. The second kappa shape index (κ2) is 8.53. The molecule has 1 heterocycles. The van der Waals surface area contributed by atoms with Crippen LogP contribution >= 0.6 is 0 Å². The molecule has 2 aromatic rings. The van der Waals surface area contributed by atoms with Crippen molar-refractivity contribution in [3.63, 3.8) is 0 Å². The molecule has 6 nitrogen and oxygen atoms in total. The lowest BCUT2D eigenvalue weighted by molar-refractivity contribution is 0.0963. The molecule has 0 aliphatic rings. The van der Waals surface area contributed by atoms with E-state index in [9.17, 15) is 4.79 Å². The SMILES string of the molecule is CN=C(NCc1ccc(C(=O)NC)cc1)NCc1ccccn1. The maximum atomic E-state index is 11.5. The van der Waals surface area contributed by atoms with E-state index in [4.69, 9.17) is 0 Å². The summed E-state index contributed by atoms with van der Waals surface area (Å²) in [5.41, 5.74) is 2.66. The van der Waals surface area contributed by atoms with Gasteiger partial charge in [-0.3, -0.25) is 14.8 Å². The highest BCUT2D eigenvalue weighted by Crippen LogP contribution is 2.04.